The number of nitrogens with zero attached hydrogens (tertiary/aromatic N) is 1. The van der Waals surface area contributed by atoms with Crippen molar-refractivity contribution in [3.05, 3.63) is 54.0 Å². The third kappa shape index (κ3) is 2.82. The van der Waals surface area contributed by atoms with E-state index >= 15 is 0 Å². The largest absolute Gasteiger partial charge is 0.478 e. The molecular formula is C12H8FNO2S. The number of hydrogen-bond donors (Lipinski definition) is 1. The Morgan fingerprint density at radius 1 is 1.24 bits per heavy atom. The molecular weight excluding hydrogens is 241 g/mol. The fraction of sp³-hybridized carbons (Fsp3) is 0. The van der Waals surface area contributed by atoms with E-state index in [1.165, 1.54) is 18.3 Å². The van der Waals surface area contributed by atoms with Crippen LogP contribution < -0.4 is 0 Å². The zero-order valence-corrected chi connectivity index (χ0v) is 9.45. The van der Waals surface area contributed by atoms with E-state index < -0.39 is 5.97 Å². The molecule has 1 aromatic heterocycles. The molecule has 0 aliphatic rings. The first-order valence-electron chi connectivity index (χ1n) is 4.78. The van der Waals surface area contributed by atoms with Gasteiger partial charge in [0.05, 0.1) is 5.56 Å². The summed E-state index contributed by atoms with van der Waals surface area (Å²) in [6.07, 6.45) is 1.26. The van der Waals surface area contributed by atoms with Crippen molar-refractivity contribution in [3.8, 4) is 0 Å². The van der Waals surface area contributed by atoms with Crippen LogP contribution in [0.4, 0.5) is 4.39 Å². The summed E-state index contributed by atoms with van der Waals surface area (Å²) >= 11 is 1.16. The summed E-state index contributed by atoms with van der Waals surface area (Å²) < 4.78 is 13.3. The summed E-state index contributed by atoms with van der Waals surface area (Å²) in [7, 11) is 0. The number of pyridine rings is 1. The maximum Gasteiger partial charge on any atom is 0.337 e. The molecule has 1 N–H and O–H groups in total. The fourth-order valence-corrected chi connectivity index (χ4v) is 1.99. The van der Waals surface area contributed by atoms with Crippen LogP contribution in [-0.4, -0.2) is 16.1 Å². The number of hydrogen-bond acceptors (Lipinski definition) is 3. The van der Waals surface area contributed by atoms with E-state index in [1.807, 2.05) is 0 Å². The molecule has 0 bridgehead atoms. The van der Waals surface area contributed by atoms with Gasteiger partial charge in [-0.2, -0.15) is 0 Å². The molecule has 2 aromatic rings. The molecule has 86 valence electrons. The highest BCUT2D eigenvalue weighted by molar-refractivity contribution is 7.99. The van der Waals surface area contributed by atoms with E-state index in [1.54, 1.807) is 24.3 Å². The molecule has 0 unspecified atom stereocenters. The molecule has 1 aromatic carbocycles. The Hall–Kier alpha value is -1.88. The second-order valence-corrected chi connectivity index (χ2v) is 4.28. The predicted octanol–water partition coefficient (Wildman–Crippen LogP) is 3.07. The van der Waals surface area contributed by atoms with Gasteiger partial charge < -0.3 is 5.11 Å². The molecule has 0 fully saturated rings. The van der Waals surface area contributed by atoms with Gasteiger partial charge in [-0.25, -0.2) is 14.2 Å². The third-order valence-corrected chi connectivity index (χ3v) is 3.04. The van der Waals surface area contributed by atoms with Crippen LogP contribution in [0.2, 0.25) is 0 Å². The van der Waals surface area contributed by atoms with Gasteiger partial charge in [-0.05, 0) is 24.3 Å². The number of rotatable bonds is 3. The van der Waals surface area contributed by atoms with Crippen LogP contribution in [0.5, 0.6) is 0 Å². The van der Waals surface area contributed by atoms with Crippen LogP contribution in [0.15, 0.2) is 52.5 Å². The van der Waals surface area contributed by atoms with E-state index in [-0.39, 0.29) is 11.4 Å². The summed E-state index contributed by atoms with van der Waals surface area (Å²) in [5.74, 6) is -1.35. The Bertz CT molecular complexity index is 542. The lowest BCUT2D eigenvalue weighted by Crippen LogP contribution is -1.96. The molecule has 1 heterocycles. The molecule has 3 nitrogen and oxygen atoms in total. The monoisotopic (exact) mass is 249 g/mol. The van der Waals surface area contributed by atoms with Crippen molar-refractivity contribution in [1.82, 2.24) is 4.98 Å². The van der Waals surface area contributed by atoms with Crippen LogP contribution >= 0.6 is 11.8 Å². The van der Waals surface area contributed by atoms with Gasteiger partial charge in [0, 0.05) is 11.1 Å². The third-order valence-electron chi connectivity index (χ3n) is 2.03. The van der Waals surface area contributed by atoms with Crippen molar-refractivity contribution < 1.29 is 14.3 Å². The van der Waals surface area contributed by atoms with Crippen molar-refractivity contribution in [2.45, 2.75) is 9.92 Å². The van der Waals surface area contributed by atoms with Crippen LogP contribution in [-0.2, 0) is 0 Å². The van der Waals surface area contributed by atoms with Crippen LogP contribution in [0.3, 0.4) is 0 Å². The Balaban J connectivity index is 2.20. The number of halogens is 1. The van der Waals surface area contributed by atoms with Gasteiger partial charge in [-0.15, -0.1) is 0 Å². The SMILES string of the molecule is O=C(O)c1ccc(Sc2ccccc2F)nc1. The smallest absolute Gasteiger partial charge is 0.337 e. The van der Waals surface area contributed by atoms with E-state index in [2.05, 4.69) is 4.98 Å². The Morgan fingerprint density at radius 2 is 2.00 bits per heavy atom. The highest BCUT2D eigenvalue weighted by Gasteiger charge is 2.06. The summed E-state index contributed by atoms with van der Waals surface area (Å²) in [5, 5.41) is 9.26. The molecule has 0 atom stereocenters. The average molecular weight is 249 g/mol. The second kappa shape index (κ2) is 4.97. The zero-order chi connectivity index (χ0) is 12.3. The van der Waals surface area contributed by atoms with Gasteiger partial charge in [0.15, 0.2) is 0 Å². The highest BCUT2D eigenvalue weighted by atomic mass is 32.2. The standard InChI is InChI=1S/C12H8FNO2S/c13-9-3-1-2-4-10(9)17-11-6-5-8(7-14-11)12(15)16/h1-7H,(H,15,16). The number of aromatic nitrogens is 1. The zero-order valence-electron chi connectivity index (χ0n) is 8.63. The Labute approximate surface area is 101 Å². The number of carbonyl (C=O) groups is 1. The molecule has 0 radical (unpaired) electrons. The van der Waals surface area contributed by atoms with E-state index in [0.717, 1.165) is 11.8 Å². The van der Waals surface area contributed by atoms with Crippen LogP contribution in [0.25, 0.3) is 0 Å². The summed E-state index contributed by atoms with van der Waals surface area (Å²) in [6, 6.07) is 9.36. The van der Waals surface area contributed by atoms with Gasteiger partial charge in [0.2, 0.25) is 0 Å². The van der Waals surface area contributed by atoms with E-state index in [9.17, 15) is 9.18 Å². The highest BCUT2D eigenvalue weighted by Crippen LogP contribution is 2.27. The van der Waals surface area contributed by atoms with Gasteiger partial charge in [0.1, 0.15) is 10.8 Å². The maximum absolute atomic E-state index is 13.3. The van der Waals surface area contributed by atoms with Crippen LogP contribution in [0, 0.1) is 5.82 Å². The van der Waals surface area contributed by atoms with E-state index in [0.29, 0.717) is 9.92 Å². The normalized spacial score (nSPS) is 10.2. The van der Waals surface area contributed by atoms with Gasteiger partial charge >= 0.3 is 5.97 Å². The molecule has 0 amide bonds. The predicted molar refractivity (Wildman–Crippen MR) is 61.7 cm³/mol. The molecule has 17 heavy (non-hydrogen) atoms. The maximum atomic E-state index is 13.3. The van der Waals surface area contributed by atoms with Crippen molar-refractivity contribution >= 4 is 17.7 Å². The van der Waals surface area contributed by atoms with Crippen LogP contribution in [0.1, 0.15) is 10.4 Å². The van der Waals surface area contributed by atoms with Gasteiger partial charge in [-0.3, -0.25) is 0 Å². The van der Waals surface area contributed by atoms with Crippen molar-refractivity contribution in [3.63, 3.8) is 0 Å². The molecule has 0 saturated heterocycles. The number of carboxylic acids is 1. The lowest BCUT2D eigenvalue weighted by Gasteiger charge is -2.02. The van der Waals surface area contributed by atoms with Gasteiger partial charge in [-0.1, -0.05) is 23.9 Å². The van der Waals surface area contributed by atoms with E-state index in [4.69, 9.17) is 5.11 Å². The average Bonchev–Trinajstić information content (AvgIpc) is 2.33. The number of carboxylic acid groups (broad SMARTS) is 1. The first-order chi connectivity index (χ1) is 8.16. The minimum absolute atomic E-state index is 0.114. The Morgan fingerprint density at radius 3 is 2.59 bits per heavy atom. The topological polar surface area (TPSA) is 50.2 Å². The minimum Gasteiger partial charge on any atom is -0.478 e. The fourth-order valence-electron chi connectivity index (χ4n) is 1.21. The lowest BCUT2D eigenvalue weighted by atomic mass is 10.3. The quantitative estimate of drug-likeness (QED) is 0.908. The molecule has 0 saturated carbocycles. The lowest BCUT2D eigenvalue weighted by molar-refractivity contribution is 0.0696. The summed E-state index contributed by atoms with van der Waals surface area (Å²) in [4.78, 5) is 15.0. The summed E-state index contributed by atoms with van der Waals surface area (Å²) in [6.45, 7) is 0. The first kappa shape index (κ1) is 11.6. The molecule has 5 heteroatoms. The molecule has 0 spiro atoms. The molecule has 2 rings (SSSR count). The summed E-state index contributed by atoms with van der Waals surface area (Å²) in [5.41, 5.74) is 0.114. The van der Waals surface area contributed by atoms with Gasteiger partial charge in [0.25, 0.3) is 0 Å². The molecule has 0 aliphatic carbocycles. The molecule has 0 aliphatic heterocycles. The van der Waals surface area contributed by atoms with Crippen molar-refractivity contribution in [2.75, 3.05) is 0 Å². The Kier molecular flexibility index (Phi) is 3.39. The minimum atomic E-state index is -1.03. The number of aromatic carboxylic acids is 1. The first-order valence-corrected chi connectivity index (χ1v) is 5.60. The van der Waals surface area contributed by atoms with Crippen molar-refractivity contribution in [2.24, 2.45) is 0 Å². The number of benzene rings is 1. The van der Waals surface area contributed by atoms with Crippen molar-refractivity contribution in [1.29, 1.82) is 0 Å². The second-order valence-electron chi connectivity index (χ2n) is 3.22.